The first-order chi connectivity index (χ1) is 16.8. The summed E-state index contributed by atoms with van der Waals surface area (Å²) >= 11 is 2.12. The lowest BCUT2D eigenvalue weighted by molar-refractivity contribution is -0.122. The number of rotatable bonds is 11. The molecule has 0 radical (unpaired) electrons. The van der Waals surface area contributed by atoms with Crippen molar-refractivity contribution >= 4 is 52.0 Å². The quantitative estimate of drug-likeness (QED) is 0.354. The van der Waals surface area contributed by atoms with Crippen LogP contribution in [0.5, 0.6) is 5.75 Å². The van der Waals surface area contributed by atoms with Crippen LogP contribution in [0.1, 0.15) is 58.3 Å². The molecule has 9 nitrogen and oxygen atoms in total. The average Bonchev–Trinajstić information content (AvgIpc) is 3.47. The van der Waals surface area contributed by atoms with Crippen LogP contribution in [0.25, 0.3) is 0 Å². The van der Waals surface area contributed by atoms with Crippen LogP contribution in [0.4, 0.5) is 11.4 Å². The summed E-state index contributed by atoms with van der Waals surface area (Å²) in [5, 5.41) is 4.80. The molecule has 0 bridgehead atoms. The van der Waals surface area contributed by atoms with E-state index >= 15 is 0 Å². The highest BCUT2D eigenvalue weighted by atomic mass is 32.1. The zero-order valence-corrected chi connectivity index (χ0v) is 21.4. The van der Waals surface area contributed by atoms with Crippen LogP contribution < -0.4 is 26.4 Å². The molecule has 0 unspecified atom stereocenters. The van der Waals surface area contributed by atoms with Crippen LogP contribution in [-0.4, -0.2) is 35.2 Å². The zero-order valence-electron chi connectivity index (χ0n) is 19.8. The summed E-state index contributed by atoms with van der Waals surface area (Å²) in [6.45, 7) is 6.79. The summed E-state index contributed by atoms with van der Waals surface area (Å²) in [5.41, 5.74) is 11.6. The Bertz CT molecular complexity index is 1180. The van der Waals surface area contributed by atoms with Crippen molar-refractivity contribution in [2.75, 3.05) is 23.8 Å². The number of para-hydroxylation sites is 2. The van der Waals surface area contributed by atoms with E-state index in [9.17, 15) is 14.4 Å². The number of anilines is 2. The predicted molar refractivity (Wildman–Crippen MR) is 139 cm³/mol. The molecule has 1 aromatic carbocycles. The number of nitrogens with one attached hydrogen (secondary N) is 1. The second-order valence-electron chi connectivity index (χ2n) is 8.11. The van der Waals surface area contributed by atoms with Gasteiger partial charge in [-0.15, -0.1) is 11.3 Å². The SMILES string of the molecule is CCOc1ccccc1N(C(=O)c1snc(C(N)=O)c1N)[C@@H](C(=O)NCCC(C)C)c1cccs1. The Morgan fingerprint density at radius 2 is 1.91 bits per heavy atom. The molecule has 0 aliphatic carbocycles. The fourth-order valence-electron chi connectivity index (χ4n) is 3.44. The lowest BCUT2D eigenvalue weighted by atomic mass is 10.1. The Labute approximate surface area is 212 Å². The topological polar surface area (TPSA) is 141 Å². The maximum Gasteiger partial charge on any atom is 0.273 e. The first kappa shape index (κ1) is 26.2. The summed E-state index contributed by atoms with van der Waals surface area (Å²) in [7, 11) is 0. The Balaban J connectivity index is 2.16. The van der Waals surface area contributed by atoms with Crippen molar-refractivity contribution in [2.24, 2.45) is 11.7 Å². The van der Waals surface area contributed by atoms with Gasteiger partial charge in [0.15, 0.2) is 11.7 Å². The standard InChI is InChI=1S/C24H29N5O4S2/c1-4-33-16-9-6-5-8-15(16)29(24(32)21-18(25)19(22(26)30)28-35-21)20(17-10-7-13-34-17)23(31)27-12-11-14(2)3/h5-10,13-14,20H,4,11-12,25H2,1-3H3,(H2,26,30)(H,27,31)/t20-/m1/s1. The number of amides is 3. The molecule has 0 aliphatic heterocycles. The highest BCUT2D eigenvalue weighted by Crippen LogP contribution is 2.39. The number of primary amides is 1. The Hall–Kier alpha value is -3.44. The Kier molecular flexibility index (Phi) is 8.83. The summed E-state index contributed by atoms with van der Waals surface area (Å²) < 4.78 is 9.77. The number of nitrogens with two attached hydrogens (primary N) is 2. The molecular weight excluding hydrogens is 486 g/mol. The molecule has 3 rings (SSSR count). The van der Waals surface area contributed by atoms with Gasteiger partial charge in [0.25, 0.3) is 11.8 Å². The molecule has 3 aromatic rings. The van der Waals surface area contributed by atoms with Gasteiger partial charge in [0, 0.05) is 11.4 Å². The van der Waals surface area contributed by atoms with Gasteiger partial charge in [0.05, 0.1) is 18.0 Å². The third-order valence-corrected chi connectivity index (χ3v) is 6.91. The van der Waals surface area contributed by atoms with Gasteiger partial charge in [-0.25, -0.2) is 0 Å². The number of carbonyl (C=O) groups is 3. The monoisotopic (exact) mass is 515 g/mol. The summed E-state index contributed by atoms with van der Waals surface area (Å²) in [6.07, 6.45) is 0.788. The molecule has 1 atom stereocenters. The summed E-state index contributed by atoms with van der Waals surface area (Å²) in [4.78, 5) is 41.3. The smallest absolute Gasteiger partial charge is 0.273 e. The lowest BCUT2D eigenvalue weighted by Crippen LogP contribution is -2.44. The van der Waals surface area contributed by atoms with Crippen molar-refractivity contribution in [2.45, 2.75) is 33.2 Å². The van der Waals surface area contributed by atoms with Gasteiger partial charge >= 0.3 is 0 Å². The van der Waals surface area contributed by atoms with Crippen molar-refractivity contribution in [1.82, 2.24) is 9.69 Å². The second kappa shape index (κ2) is 11.8. The molecule has 3 amide bonds. The van der Waals surface area contributed by atoms with Crippen LogP contribution in [0.2, 0.25) is 0 Å². The molecule has 0 spiro atoms. The molecule has 2 heterocycles. The van der Waals surface area contributed by atoms with Crippen LogP contribution in [0.3, 0.4) is 0 Å². The van der Waals surface area contributed by atoms with Gasteiger partial charge in [-0.1, -0.05) is 32.0 Å². The third kappa shape index (κ3) is 5.98. The first-order valence-electron chi connectivity index (χ1n) is 11.2. The van der Waals surface area contributed by atoms with E-state index in [-0.39, 0.29) is 22.2 Å². The van der Waals surface area contributed by atoms with E-state index in [1.807, 2.05) is 18.4 Å². The number of hydrogen-bond acceptors (Lipinski definition) is 8. The number of thiophene rings is 1. The highest BCUT2D eigenvalue weighted by Gasteiger charge is 2.37. The molecule has 0 saturated carbocycles. The van der Waals surface area contributed by atoms with E-state index in [0.717, 1.165) is 18.0 Å². The molecular formula is C24H29N5O4S2. The first-order valence-corrected chi connectivity index (χ1v) is 12.8. The van der Waals surface area contributed by atoms with Crippen molar-refractivity contribution in [3.63, 3.8) is 0 Å². The van der Waals surface area contributed by atoms with E-state index in [0.29, 0.717) is 35.4 Å². The minimum atomic E-state index is -1.00. The van der Waals surface area contributed by atoms with Gasteiger partial charge in [-0.3, -0.25) is 19.3 Å². The minimum absolute atomic E-state index is 0.0154. The van der Waals surface area contributed by atoms with E-state index in [1.54, 1.807) is 30.3 Å². The summed E-state index contributed by atoms with van der Waals surface area (Å²) in [6, 6.07) is 9.58. The van der Waals surface area contributed by atoms with Crippen LogP contribution >= 0.6 is 22.9 Å². The number of nitrogens with zero attached hydrogens (tertiary/aromatic N) is 2. The third-order valence-electron chi connectivity index (χ3n) is 5.14. The Morgan fingerprint density at radius 3 is 2.51 bits per heavy atom. The van der Waals surface area contributed by atoms with E-state index in [4.69, 9.17) is 16.2 Å². The van der Waals surface area contributed by atoms with Crippen molar-refractivity contribution in [3.8, 4) is 5.75 Å². The number of carbonyl (C=O) groups excluding carboxylic acids is 3. The molecule has 186 valence electrons. The highest BCUT2D eigenvalue weighted by molar-refractivity contribution is 7.10. The van der Waals surface area contributed by atoms with Crippen molar-refractivity contribution in [3.05, 3.63) is 57.2 Å². The van der Waals surface area contributed by atoms with Gasteiger partial charge < -0.3 is 21.5 Å². The van der Waals surface area contributed by atoms with E-state index in [2.05, 4.69) is 23.5 Å². The van der Waals surface area contributed by atoms with Gasteiger partial charge in [-0.05, 0) is 54.4 Å². The average molecular weight is 516 g/mol. The molecule has 0 fully saturated rings. The number of nitrogen functional groups attached to an aromatic ring is 1. The normalized spacial score (nSPS) is 11.8. The van der Waals surface area contributed by atoms with Crippen molar-refractivity contribution in [1.29, 1.82) is 0 Å². The molecule has 2 aromatic heterocycles. The van der Waals surface area contributed by atoms with Crippen molar-refractivity contribution < 1.29 is 19.1 Å². The maximum atomic E-state index is 14.0. The van der Waals surface area contributed by atoms with Crippen LogP contribution in [0.15, 0.2) is 41.8 Å². The summed E-state index contributed by atoms with van der Waals surface area (Å²) in [5.74, 6) is -0.933. The molecule has 35 heavy (non-hydrogen) atoms. The second-order valence-corrected chi connectivity index (χ2v) is 9.86. The molecule has 5 N–H and O–H groups in total. The number of benzene rings is 1. The predicted octanol–water partition coefficient (Wildman–Crippen LogP) is 3.83. The van der Waals surface area contributed by atoms with Gasteiger partial charge in [0.2, 0.25) is 5.91 Å². The van der Waals surface area contributed by atoms with Crippen LogP contribution in [0, 0.1) is 5.92 Å². The minimum Gasteiger partial charge on any atom is -0.492 e. The molecule has 0 saturated heterocycles. The molecule has 11 heteroatoms. The van der Waals surface area contributed by atoms with Crippen LogP contribution in [-0.2, 0) is 4.79 Å². The lowest BCUT2D eigenvalue weighted by Gasteiger charge is -2.31. The zero-order chi connectivity index (χ0) is 25.5. The van der Waals surface area contributed by atoms with Gasteiger partial charge in [-0.2, -0.15) is 4.37 Å². The van der Waals surface area contributed by atoms with Gasteiger partial charge in [0.1, 0.15) is 10.6 Å². The number of hydrogen-bond donors (Lipinski definition) is 3. The maximum absolute atomic E-state index is 14.0. The fraction of sp³-hybridized carbons (Fsp3) is 0.333. The number of ether oxygens (including phenoxy) is 1. The Morgan fingerprint density at radius 1 is 1.17 bits per heavy atom. The largest absolute Gasteiger partial charge is 0.492 e. The van der Waals surface area contributed by atoms with E-state index in [1.165, 1.54) is 16.2 Å². The number of aromatic nitrogens is 1. The fourth-order valence-corrected chi connectivity index (χ4v) is 4.99. The molecule has 0 aliphatic rings. The van der Waals surface area contributed by atoms with E-state index < -0.39 is 17.9 Å².